The molecule has 0 fully saturated rings. The fourth-order valence-corrected chi connectivity index (χ4v) is 2.75. The van der Waals surface area contributed by atoms with Crippen LogP contribution in [0.3, 0.4) is 0 Å². The first-order chi connectivity index (χ1) is 11.6. The molecule has 2 aromatic rings. The van der Waals surface area contributed by atoms with Gasteiger partial charge < -0.3 is 15.4 Å². The van der Waals surface area contributed by atoms with Crippen LogP contribution in [0.1, 0.15) is 17.2 Å². The molecule has 0 radical (unpaired) electrons. The van der Waals surface area contributed by atoms with Crippen molar-refractivity contribution in [1.29, 1.82) is 0 Å². The van der Waals surface area contributed by atoms with Crippen LogP contribution < -0.4 is 10.5 Å². The molecule has 24 heavy (non-hydrogen) atoms. The van der Waals surface area contributed by atoms with Crippen molar-refractivity contribution in [2.75, 3.05) is 40.8 Å². The van der Waals surface area contributed by atoms with E-state index in [1.165, 1.54) is 5.56 Å². The van der Waals surface area contributed by atoms with Gasteiger partial charge in [-0.3, -0.25) is 4.90 Å². The van der Waals surface area contributed by atoms with Crippen LogP contribution in [-0.4, -0.2) is 50.6 Å². The molecule has 0 amide bonds. The standard InChI is InChI=1S/C20H29N3O/c1-22(2)13-14-24-20-12-8-7-11-18(20)19(15-21)23(3)16-17-9-5-4-6-10-17/h4-12,19H,13-16,21H2,1-3H3. The van der Waals surface area contributed by atoms with Gasteiger partial charge in [0.25, 0.3) is 0 Å². The number of nitrogens with two attached hydrogens (primary N) is 1. The molecule has 1 unspecified atom stereocenters. The number of ether oxygens (including phenoxy) is 1. The molecule has 2 aromatic carbocycles. The van der Waals surface area contributed by atoms with Gasteiger partial charge in [0.15, 0.2) is 0 Å². The predicted octanol–water partition coefficient (Wildman–Crippen LogP) is 2.76. The van der Waals surface area contributed by atoms with Gasteiger partial charge in [-0.1, -0.05) is 48.5 Å². The third-order valence-electron chi connectivity index (χ3n) is 4.10. The molecule has 2 rings (SSSR count). The molecule has 0 bridgehead atoms. The maximum absolute atomic E-state index is 6.10. The molecule has 0 heterocycles. The van der Waals surface area contributed by atoms with Crippen LogP contribution in [0.2, 0.25) is 0 Å². The number of hydrogen-bond acceptors (Lipinski definition) is 4. The van der Waals surface area contributed by atoms with Gasteiger partial charge in [0.1, 0.15) is 12.4 Å². The average molecular weight is 327 g/mol. The Bertz CT molecular complexity index is 601. The summed E-state index contributed by atoms with van der Waals surface area (Å²) in [6.45, 7) is 2.97. The quantitative estimate of drug-likeness (QED) is 0.769. The Balaban J connectivity index is 2.11. The highest BCUT2D eigenvalue weighted by Gasteiger charge is 2.19. The number of nitrogens with zero attached hydrogens (tertiary/aromatic N) is 2. The number of hydrogen-bond donors (Lipinski definition) is 1. The first kappa shape index (κ1) is 18.5. The minimum absolute atomic E-state index is 0.126. The lowest BCUT2D eigenvalue weighted by atomic mass is 10.0. The smallest absolute Gasteiger partial charge is 0.124 e. The summed E-state index contributed by atoms with van der Waals surface area (Å²) >= 11 is 0. The lowest BCUT2D eigenvalue weighted by molar-refractivity contribution is 0.223. The molecule has 0 saturated heterocycles. The van der Waals surface area contributed by atoms with Gasteiger partial charge in [0.2, 0.25) is 0 Å². The van der Waals surface area contributed by atoms with Gasteiger partial charge in [-0.2, -0.15) is 0 Å². The van der Waals surface area contributed by atoms with Gasteiger partial charge in [0, 0.05) is 25.2 Å². The Hall–Kier alpha value is -1.88. The van der Waals surface area contributed by atoms with Crippen molar-refractivity contribution in [1.82, 2.24) is 9.80 Å². The molecule has 0 spiro atoms. The van der Waals surface area contributed by atoms with E-state index in [1.807, 2.05) is 38.4 Å². The largest absolute Gasteiger partial charge is 0.492 e. The second-order valence-electron chi connectivity index (χ2n) is 6.34. The van der Waals surface area contributed by atoms with Crippen LogP contribution in [0, 0.1) is 0 Å². The van der Waals surface area contributed by atoms with E-state index in [4.69, 9.17) is 10.5 Å². The second-order valence-corrected chi connectivity index (χ2v) is 6.34. The fourth-order valence-electron chi connectivity index (χ4n) is 2.75. The maximum Gasteiger partial charge on any atom is 0.124 e. The van der Waals surface area contributed by atoms with Crippen LogP contribution in [0.25, 0.3) is 0 Å². The Morgan fingerprint density at radius 1 is 0.958 bits per heavy atom. The van der Waals surface area contributed by atoms with Crippen LogP contribution in [0.4, 0.5) is 0 Å². The highest BCUT2D eigenvalue weighted by atomic mass is 16.5. The number of likely N-dealkylation sites (N-methyl/N-ethyl adjacent to an activating group) is 2. The van der Waals surface area contributed by atoms with E-state index in [1.54, 1.807) is 0 Å². The zero-order valence-electron chi connectivity index (χ0n) is 15.0. The molecule has 4 nitrogen and oxygen atoms in total. The molecular weight excluding hydrogens is 298 g/mol. The Morgan fingerprint density at radius 2 is 1.62 bits per heavy atom. The molecule has 130 valence electrons. The third-order valence-corrected chi connectivity index (χ3v) is 4.10. The van der Waals surface area contributed by atoms with Crippen molar-refractivity contribution in [2.24, 2.45) is 5.73 Å². The van der Waals surface area contributed by atoms with Crippen LogP contribution >= 0.6 is 0 Å². The minimum Gasteiger partial charge on any atom is -0.492 e. The Labute approximate surface area is 145 Å². The summed E-state index contributed by atoms with van der Waals surface area (Å²) in [6, 6.07) is 18.8. The van der Waals surface area contributed by atoms with Gasteiger partial charge in [0.05, 0.1) is 6.04 Å². The number of benzene rings is 2. The monoisotopic (exact) mass is 327 g/mol. The molecule has 0 aromatic heterocycles. The summed E-state index contributed by atoms with van der Waals surface area (Å²) < 4.78 is 6.01. The van der Waals surface area contributed by atoms with Crippen LogP contribution in [-0.2, 0) is 6.54 Å². The van der Waals surface area contributed by atoms with Crippen molar-refractivity contribution in [3.05, 3.63) is 65.7 Å². The Kier molecular flexibility index (Phi) is 7.25. The van der Waals surface area contributed by atoms with Gasteiger partial charge in [-0.05, 0) is 32.8 Å². The number of rotatable bonds is 9. The fraction of sp³-hybridized carbons (Fsp3) is 0.400. The minimum atomic E-state index is 0.126. The summed E-state index contributed by atoms with van der Waals surface area (Å²) in [4.78, 5) is 4.40. The second kappa shape index (κ2) is 9.42. The molecule has 0 aliphatic rings. The highest BCUT2D eigenvalue weighted by Crippen LogP contribution is 2.29. The first-order valence-electron chi connectivity index (χ1n) is 8.42. The Morgan fingerprint density at radius 3 is 2.29 bits per heavy atom. The average Bonchev–Trinajstić information content (AvgIpc) is 2.57. The SMILES string of the molecule is CN(C)CCOc1ccccc1C(CN)N(C)Cc1ccccc1. The maximum atomic E-state index is 6.10. The van der Waals surface area contributed by atoms with Crippen molar-refractivity contribution < 1.29 is 4.74 Å². The lowest BCUT2D eigenvalue weighted by Crippen LogP contribution is -2.30. The lowest BCUT2D eigenvalue weighted by Gasteiger charge is -2.29. The third kappa shape index (κ3) is 5.34. The molecule has 4 heteroatoms. The van der Waals surface area contributed by atoms with E-state index in [-0.39, 0.29) is 6.04 Å². The van der Waals surface area contributed by atoms with E-state index in [0.717, 1.165) is 24.4 Å². The van der Waals surface area contributed by atoms with Gasteiger partial charge in [-0.15, -0.1) is 0 Å². The molecule has 2 N–H and O–H groups in total. The molecule has 0 saturated carbocycles. The van der Waals surface area contributed by atoms with Crippen molar-refractivity contribution in [3.63, 3.8) is 0 Å². The van der Waals surface area contributed by atoms with Crippen molar-refractivity contribution in [2.45, 2.75) is 12.6 Å². The number of para-hydroxylation sites is 1. The van der Waals surface area contributed by atoms with Gasteiger partial charge in [-0.25, -0.2) is 0 Å². The molecule has 1 atom stereocenters. The van der Waals surface area contributed by atoms with Crippen LogP contribution in [0.5, 0.6) is 5.75 Å². The summed E-state index contributed by atoms with van der Waals surface area (Å²) in [7, 11) is 6.21. The van der Waals surface area contributed by atoms with E-state index >= 15 is 0 Å². The first-order valence-corrected chi connectivity index (χ1v) is 8.42. The van der Waals surface area contributed by atoms with E-state index in [2.05, 4.69) is 47.2 Å². The molecule has 0 aliphatic carbocycles. The van der Waals surface area contributed by atoms with E-state index < -0.39 is 0 Å². The predicted molar refractivity (Wildman–Crippen MR) is 100 cm³/mol. The van der Waals surface area contributed by atoms with Crippen molar-refractivity contribution >= 4 is 0 Å². The zero-order chi connectivity index (χ0) is 17.4. The normalized spacial score (nSPS) is 12.6. The van der Waals surface area contributed by atoms with Crippen LogP contribution in [0.15, 0.2) is 54.6 Å². The summed E-state index contributed by atoms with van der Waals surface area (Å²) in [5, 5.41) is 0. The van der Waals surface area contributed by atoms with Crippen molar-refractivity contribution in [3.8, 4) is 5.75 Å². The van der Waals surface area contributed by atoms with Gasteiger partial charge >= 0.3 is 0 Å². The van der Waals surface area contributed by atoms with E-state index in [9.17, 15) is 0 Å². The summed E-state index contributed by atoms with van der Waals surface area (Å²) in [5.41, 5.74) is 8.53. The highest BCUT2D eigenvalue weighted by molar-refractivity contribution is 5.36. The molecular formula is C20H29N3O. The summed E-state index contributed by atoms with van der Waals surface area (Å²) in [5.74, 6) is 0.926. The topological polar surface area (TPSA) is 41.7 Å². The summed E-state index contributed by atoms with van der Waals surface area (Å²) in [6.07, 6.45) is 0. The molecule has 0 aliphatic heterocycles. The van der Waals surface area contributed by atoms with E-state index in [0.29, 0.717) is 13.2 Å². The zero-order valence-corrected chi connectivity index (χ0v) is 15.0.